The molecule has 8 heteroatoms. The Morgan fingerprint density at radius 1 is 1.40 bits per heavy atom. The number of hydrogen-bond donors (Lipinski definition) is 1. The lowest BCUT2D eigenvalue weighted by molar-refractivity contribution is 0.342. The van der Waals surface area contributed by atoms with Crippen molar-refractivity contribution in [2.45, 2.75) is 6.04 Å². The highest BCUT2D eigenvalue weighted by Crippen LogP contribution is 2.31. The first-order valence-electron chi connectivity index (χ1n) is 5.95. The molecular formula is C12H10BrF2N3OS. The van der Waals surface area contributed by atoms with E-state index in [0.717, 1.165) is 24.1 Å². The van der Waals surface area contributed by atoms with E-state index in [1.807, 2.05) is 0 Å². The molecule has 1 unspecified atom stereocenters. The summed E-state index contributed by atoms with van der Waals surface area (Å²) in [6.07, 6.45) is 0. The second kappa shape index (κ2) is 5.79. The SMILES string of the molecule is Fc1ccc(-c2noc(C3CSCCN3)n2)c(Br)c1F. The molecule has 1 aliphatic rings. The van der Waals surface area contributed by atoms with Crippen LogP contribution < -0.4 is 5.32 Å². The summed E-state index contributed by atoms with van der Waals surface area (Å²) in [5.74, 6) is 0.717. The van der Waals surface area contributed by atoms with Crippen molar-refractivity contribution in [3.05, 3.63) is 34.1 Å². The lowest BCUT2D eigenvalue weighted by Crippen LogP contribution is -2.30. The van der Waals surface area contributed by atoms with Gasteiger partial charge in [-0.15, -0.1) is 0 Å². The first-order valence-corrected chi connectivity index (χ1v) is 7.90. The summed E-state index contributed by atoms with van der Waals surface area (Å²) in [4.78, 5) is 4.26. The van der Waals surface area contributed by atoms with Crippen LogP contribution >= 0.6 is 27.7 Å². The van der Waals surface area contributed by atoms with E-state index in [0.29, 0.717) is 11.5 Å². The molecule has 1 aromatic carbocycles. The van der Waals surface area contributed by atoms with Crippen LogP contribution in [-0.2, 0) is 0 Å². The smallest absolute Gasteiger partial charge is 0.244 e. The van der Waals surface area contributed by atoms with Crippen molar-refractivity contribution in [3.8, 4) is 11.4 Å². The zero-order valence-electron chi connectivity index (χ0n) is 10.2. The molecule has 1 aliphatic heterocycles. The molecule has 0 amide bonds. The molecule has 0 saturated carbocycles. The van der Waals surface area contributed by atoms with Crippen molar-refractivity contribution in [1.29, 1.82) is 0 Å². The summed E-state index contributed by atoms with van der Waals surface area (Å²) in [6, 6.07) is 2.46. The molecule has 0 spiro atoms. The van der Waals surface area contributed by atoms with Crippen LogP contribution in [0.15, 0.2) is 21.1 Å². The minimum absolute atomic E-state index is 0.000860. The fraction of sp³-hybridized carbons (Fsp3) is 0.333. The molecule has 1 fully saturated rings. The van der Waals surface area contributed by atoms with E-state index in [2.05, 4.69) is 31.4 Å². The van der Waals surface area contributed by atoms with Crippen LogP contribution in [0.2, 0.25) is 0 Å². The van der Waals surface area contributed by atoms with Gasteiger partial charge in [0.25, 0.3) is 0 Å². The maximum absolute atomic E-state index is 13.5. The van der Waals surface area contributed by atoms with E-state index in [4.69, 9.17) is 4.52 Å². The fourth-order valence-electron chi connectivity index (χ4n) is 1.91. The summed E-state index contributed by atoms with van der Waals surface area (Å²) in [5, 5.41) is 7.11. The highest BCUT2D eigenvalue weighted by Gasteiger charge is 2.23. The van der Waals surface area contributed by atoms with Crippen molar-refractivity contribution < 1.29 is 13.3 Å². The first-order chi connectivity index (χ1) is 9.66. The number of thioether (sulfide) groups is 1. The molecular weight excluding hydrogens is 352 g/mol. The van der Waals surface area contributed by atoms with Crippen molar-refractivity contribution >= 4 is 27.7 Å². The summed E-state index contributed by atoms with van der Waals surface area (Å²) in [7, 11) is 0. The minimum Gasteiger partial charge on any atom is -0.337 e. The quantitative estimate of drug-likeness (QED) is 0.832. The van der Waals surface area contributed by atoms with Crippen molar-refractivity contribution in [2.75, 3.05) is 18.1 Å². The van der Waals surface area contributed by atoms with Gasteiger partial charge < -0.3 is 9.84 Å². The van der Waals surface area contributed by atoms with Crippen LogP contribution in [0, 0.1) is 11.6 Å². The largest absolute Gasteiger partial charge is 0.337 e. The molecule has 2 heterocycles. The maximum atomic E-state index is 13.5. The molecule has 4 nitrogen and oxygen atoms in total. The molecule has 106 valence electrons. The number of rotatable bonds is 2. The molecule has 3 rings (SSSR count). The minimum atomic E-state index is -0.958. The van der Waals surface area contributed by atoms with Gasteiger partial charge in [-0.25, -0.2) is 8.78 Å². The Labute approximate surface area is 126 Å². The average molecular weight is 362 g/mol. The van der Waals surface area contributed by atoms with Gasteiger partial charge in [-0.05, 0) is 28.1 Å². The van der Waals surface area contributed by atoms with Crippen LogP contribution in [0.25, 0.3) is 11.4 Å². The molecule has 1 atom stereocenters. The van der Waals surface area contributed by atoms with Crippen LogP contribution in [0.4, 0.5) is 8.78 Å². The third-order valence-electron chi connectivity index (χ3n) is 2.94. The van der Waals surface area contributed by atoms with Gasteiger partial charge in [0.15, 0.2) is 11.6 Å². The Morgan fingerprint density at radius 3 is 3.00 bits per heavy atom. The lowest BCUT2D eigenvalue weighted by Gasteiger charge is -2.19. The zero-order chi connectivity index (χ0) is 14.1. The topological polar surface area (TPSA) is 51.0 Å². The summed E-state index contributed by atoms with van der Waals surface area (Å²) < 4.78 is 31.8. The van der Waals surface area contributed by atoms with Crippen LogP contribution in [0.3, 0.4) is 0 Å². The van der Waals surface area contributed by atoms with Crippen molar-refractivity contribution in [3.63, 3.8) is 0 Å². The van der Waals surface area contributed by atoms with Gasteiger partial charge in [0.2, 0.25) is 11.7 Å². The maximum Gasteiger partial charge on any atom is 0.244 e. The Kier molecular flexibility index (Phi) is 4.04. The summed E-state index contributed by atoms with van der Waals surface area (Å²) >= 11 is 4.82. The number of benzene rings is 1. The number of nitrogens with one attached hydrogen (secondary N) is 1. The van der Waals surface area contributed by atoms with Crippen LogP contribution in [-0.4, -0.2) is 28.2 Å². The molecule has 2 aromatic rings. The van der Waals surface area contributed by atoms with Gasteiger partial charge >= 0.3 is 0 Å². The van der Waals surface area contributed by atoms with E-state index in [1.54, 1.807) is 11.8 Å². The molecule has 20 heavy (non-hydrogen) atoms. The third-order valence-corrected chi connectivity index (χ3v) is 4.77. The van der Waals surface area contributed by atoms with Crippen molar-refractivity contribution in [1.82, 2.24) is 15.5 Å². The zero-order valence-corrected chi connectivity index (χ0v) is 12.6. The van der Waals surface area contributed by atoms with E-state index in [9.17, 15) is 8.78 Å². The van der Waals surface area contributed by atoms with Crippen LogP contribution in [0.1, 0.15) is 11.9 Å². The second-order valence-corrected chi connectivity index (χ2v) is 6.20. The molecule has 0 radical (unpaired) electrons. The van der Waals surface area contributed by atoms with Gasteiger partial charge in [-0.3, -0.25) is 0 Å². The number of nitrogens with zero attached hydrogens (tertiary/aromatic N) is 2. The summed E-state index contributed by atoms with van der Waals surface area (Å²) in [6.45, 7) is 0.877. The number of halogens is 3. The van der Waals surface area contributed by atoms with Gasteiger partial charge in [0.05, 0.1) is 10.5 Å². The van der Waals surface area contributed by atoms with E-state index >= 15 is 0 Å². The van der Waals surface area contributed by atoms with Gasteiger partial charge in [0.1, 0.15) is 0 Å². The number of aromatic nitrogens is 2. The van der Waals surface area contributed by atoms with Gasteiger partial charge in [-0.1, -0.05) is 5.16 Å². The van der Waals surface area contributed by atoms with Gasteiger partial charge in [0, 0.05) is 23.6 Å². The Hall–Kier alpha value is -0.990. The van der Waals surface area contributed by atoms with E-state index in [-0.39, 0.29) is 16.3 Å². The van der Waals surface area contributed by atoms with E-state index < -0.39 is 11.6 Å². The molecule has 1 N–H and O–H groups in total. The van der Waals surface area contributed by atoms with E-state index in [1.165, 1.54) is 6.07 Å². The summed E-state index contributed by atoms with van der Waals surface area (Å²) in [5.41, 5.74) is 0.363. The highest BCUT2D eigenvalue weighted by molar-refractivity contribution is 9.10. The normalized spacial score (nSPS) is 19.2. The Balaban J connectivity index is 1.92. The Bertz CT molecular complexity index is 631. The van der Waals surface area contributed by atoms with Gasteiger partial charge in [-0.2, -0.15) is 16.7 Å². The number of hydrogen-bond acceptors (Lipinski definition) is 5. The molecule has 1 saturated heterocycles. The molecule has 0 aliphatic carbocycles. The lowest BCUT2D eigenvalue weighted by atomic mass is 10.2. The second-order valence-electron chi connectivity index (χ2n) is 4.26. The molecule has 1 aromatic heterocycles. The first kappa shape index (κ1) is 14.0. The standard InChI is InChI=1S/C12H10BrF2N3OS/c13-9-6(1-2-7(14)10(9)15)11-17-12(19-18-11)8-5-20-4-3-16-8/h1-2,8,16H,3-5H2. The monoisotopic (exact) mass is 361 g/mol. The predicted octanol–water partition coefficient (Wildman–Crippen LogP) is 3.15. The molecule has 0 bridgehead atoms. The van der Waals surface area contributed by atoms with Crippen molar-refractivity contribution in [2.24, 2.45) is 0 Å². The predicted molar refractivity (Wildman–Crippen MR) is 75.4 cm³/mol. The highest BCUT2D eigenvalue weighted by atomic mass is 79.9. The van der Waals surface area contributed by atoms with Crippen LogP contribution in [0.5, 0.6) is 0 Å². The third kappa shape index (κ3) is 2.59. The Morgan fingerprint density at radius 2 is 2.25 bits per heavy atom. The fourth-order valence-corrected chi connectivity index (χ4v) is 3.33. The average Bonchev–Trinajstić information content (AvgIpc) is 2.95.